The van der Waals surface area contributed by atoms with E-state index in [1.807, 2.05) is 6.92 Å². The maximum Gasteiger partial charge on any atom is 0.256 e. The molecule has 0 saturated carbocycles. The fourth-order valence-corrected chi connectivity index (χ4v) is 3.22. The van der Waals surface area contributed by atoms with Crippen LogP contribution in [0.4, 0.5) is 10.2 Å². The predicted molar refractivity (Wildman–Crippen MR) is 94.3 cm³/mol. The topological polar surface area (TPSA) is 80.5 Å². The Morgan fingerprint density at radius 3 is 3.08 bits per heavy atom. The fraction of sp³-hybridized carbons (Fsp3) is 0.235. The lowest BCUT2D eigenvalue weighted by molar-refractivity contribution is 0.0948. The molecule has 0 fully saturated rings. The number of rotatable bonds is 0. The second-order valence-corrected chi connectivity index (χ2v) is 6.26. The highest BCUT2D eigenvalue weighted by Gasteiger charge is 2.21. The van der Waals surface area contributed by atoms with Gasteiger partial charge in [0.15, 0.2) is 5.65 Å². The van der Waals surface area contributed by atoms with Gasteiger partial charge < -0.3 is 15.4 Å². The van der Waals surface area contributed by atoms with Gasteiger partial charge in [-0.3, -0.25) is 4.79 Å². The smallest absolute Gasteiger partial charge is 0.256 e. The minimum atomic E-state index is -0.526. The van der Waals surface area contributed by atoms with Crippen LogP contribution in [0.5, 0.6) is 5.75 Å². The maximum atomic E-state index is 14.0. The number of nitrogens with zero attached hydrogens (tertiary/aromatic N) is 3. The quantitative estimate of drug-likeness (QED) is 0.631. The molecule has 1 aliphatic heterocycles. The van der Waals surface area contributed by atoms with Crippen LogP contribution in [-0.4, -0.2) is 33.7 Å². The summed E-state index contributed by atoms with van der Waals surface area (Å²) in [7, 11) is 0. The minimum absolute atomic E-state index is 0.00692. The Kier molecular flexibility index (Phi) is 4.12. The monoisotopic (exact) mass is 375 g/mol. The number of amides is 1. The van der Waals surface area contributed by atoms with E-state index in [0.717, 1.165) is 0 Å². The van der Waals surface area contributed by atoms with E-state index in [0.29, 0.717) is 28.3 Å². The summed E-state index contributed by atoms with van der Waals surface area (Å²) < 4.78 is 21.2. The molecule has 1 aromatic carbocycles. The van der Waals surface area contributed by atoms with Gasteiger partial charge in [0.05, 0.1) is 23.8 Å². The van der Waals surface area contributed by atoms with Crippen molar-refractivity contribution in [2.45, 2.75) is 13.0 Å². The molecule has 2 N–H and O–H groups in total. The van der Waals surface area contributed by atoms with Gasteiger partial charge in [-0.25, -0.2) is 13.9 Å². The number of nitrogens with one attached hydrogen (secondary N) is 2. The molecule has 3 heterocycles. The Balaban J connectivity index is 1.82. The van der Waals surface area contributed by atoms with E-state index in [4.69, 9.17) is 16.3 Å². The highest BCUT2D eigenvalue weighted by molar-refractivity contribution is 6.31. The Labute approximate surface area is 153 Å². The highest BCUT2D eigenvalue weighted by Crippen LogP contribution is 2.35. The molecule has 4 rings (SSSR count). The number of benzene rings is 1. The number of halogens is 2. The third kappa shape index (κ3) is 2.82. The second-order valence-electron chi connectivity index (χ2n) is 5.88. The normalized spacial score (nSPS) is 17.3. The Morgan fingerprint density at radius 1 is 1.38 bits per heavy atom. The highest BCUT2D eigenvalue weighted by atomic mass is 35.5. The second kappa shape index (κ2) is 6.45. The van der Waals surface area contributed by atoms with Crippen molar-refractivity contribution in [3.8, 4) is 5.75 Å². The van der Waals surface area contributed by atoms with E-state index >= 15 is 0 Å². The van der Waals surface area contributed by atoms with Crippen LogP contribution in [0.1, 0.15) is 28.9 Å². The van der Waals surface area contributed by atoms with E-state index in [9.17, 15) is 9.18 Å². The van der Waals surface area contributed by atoms with Gasteiger partial charge in [-0.05, 0) is 25.1 Å². The summed E-state index contributed by atoms with van der Waals surface area (Å²) in [5.74, 6) is 0.138. The molecule has 1 atom stereocenters. The van der Waals surface area contributed by atoms with Crippen LogP contribution in [0.25, 0.3) is 5.65 Å². The van der Waals surface area contributed by atoms with Crippen molar-refractivity contribution >= 4 is 29.0 Å². The first kappa shape index (κ1) is 16.6. The number of fused-ring (bicyclic) bond motifs is 2. The van der Waals surface area contributed by atoms with Crippen LogP contribution >= 0.6 is 11.6 Å². The molecular weight excluding hydrogens is 361 g/mol. The fourth-order valence-electron chi connectivity index (χ4n) is 2.90. The van der Waals surface area contributed by atoms with Gasteiger partial charge in [0.2, 0.25) is 0 Å². The van der Waals surface area contributed by atoms with Crippen molar-refractivity contribution in [2.24, 2.45) is 0 Å². The molecule has 0 saturated heterocycles. The SMILES string of the molecule is CC1Nc2ccn3ncc(c3n2)C(=O)NCCOc2ccc(F)c(Cl)c21. The van der Waals surface area contributed by atoms with E-state index in [1.165, 1.54) is 22.8 Å². The zero-order valence-electron chi connectivity index (χ0n) is 13.8. The van der Waals surface area contributed by atoms with Gasteiger partial charge in [-0.2, -0.15) is 5.10 Å². The molecule has 7 nitrogen and oxygen atoms in total. The lowest BCUT2D eigenvalue weighted by atomic mass is 10.1. The third-order valence-corrected chi connectivity index (χ3v) is 4.53. The Morgan fingerprint density at radius 2 is 2.23 bits per heavy atom. The van der Waals surface area contributed by atoms with Gasteiger partial charge in [-0.1, -0.05) is 11.6 Å². The van der Waals surface area contributed by atoms with Gasteiger partial charge in [0.1, 0.15) is 29.6 Å². The van der Waals surface area contributed by atoms with E-state index in [2.05, 4.69) is 20.7 Å². The molecule has 0 radical (unpaired) electrons. The molecule has 2 aromatic heterocycles. The van der Waals surface area contributed by atoms with Crippen molar-refractivity contribution in [2.75, 3.05) is 18.5 Å². The summed E-state index contributed by atoms with van der Waals surface area (Å²) in [4.78, 5) is 16.8. The lowest BCUT2D eigenvalue weighted by Gasteiger charge is -2.20. The van der Waals surface area contributed by atoms with E-state index < -0.39 is 5.82 Å². The first-order valence-electron chi connectivity index (χ1n) is 8.04. The number of ether oxygens (including phenoxy) is 1. The molecule has 134 valence electrons. The first-order chi connectivity index (χ1) is 12.5. The summed E-state index contributed by atoms with van der Waals surface area (Å²) in [5.41, 5.74) is 1.28. The minimum Gasteiger partial charge on any atom is -0.491 e. The lowest BCUT2D eigenvalue weighted by Crippen LogP contribution is -2.28. The number of aromatic nitrogens is 3. The third-order valence-electron chi connectivity index (χ3n) is 4.15. The summed E-state index contributed by atoms with van der Waals surface area (Å²) in [5, 5.41) is 10.1. The van der Waals surface area contributed by atoms with Crippen LogP contribution in [0.3, 0.4) is 0 Å². The molecule has 0 spiro atoms. The van der Waals surface area contributed by atoms with Crippen molar-refractivity contribution in [1.29, 1.82) is 0 Å². The van der Waals surface area contributed by atoms with Crippen molar-refractivity contribution < 1.29 is 13.9 Å². The Bertz CT molecular complexity index is 1010. The van der Waals surface area contributed by atoms with Crippen molar-refractivity contribution in [1.82, 2.24) is 19.9 Å². The summed E-state index contributed by atoms with van der Waals surface area (Å²) in [6.07, 6.45) is 3.16. The van der Waals surface area contributed by atoms with Crippen molar-refractivity contribution in [3.63, 3.8) is 0 Å². The van der Waals surface area contributed by atoms with E-state index in [-0.39, 0.29) is 30.1 Å². The Hall–Kier alpha value is -2.87. The molecule has 2 bridgehead atoms. The van der Waals surface area contributed by atoms with E-state index in [1.54, 1.807) is 12.3 Å². The molecule has 26 heavy (non-hydrogen) atoms. The van der Waals surface area contributed by atoms with Crippen molar-refractivity contribution in [3.05, 3.63) is 52.6 Å². The van der Waals surface area contributed by atoms with Gasteiger partial charge in [0, 0.05) is 11.8 Å². The number of hydrogen-bond donors (Lipinski definition) is 2. The average Bonchev–Trinajstić information content (AvgIpc) is 3.04. The van der Waals surface area contributed by atoms with Gasteiger partial charge in [-0.15, -0.1) is 0 Å². The molecule has 9 heteroatoms. The molecule has 0 aliphatic carbocycles. The summed E-state index contributed by atoms with van der Waals surface area (Å²) in [6, 6.07) is 4.12. The number of carbonyl (C=O) groups excluding carboxylic acids is 1. The standard InChI is InChI=1S/C17H15ClFN5O2/c1-9-14-12(3-2-11(19)15(14)18)26-7-5-20-17(25)10-8-21-24-6-4-13(22-9)23-16(10)24/h2-4,6,8-9H,5,7H2,1H3,(H,20,25)(H,22,23). The van der Waals surface area contributed by atoms with Gasteiger partial charge in [0.25, 0.3) is 5.91 Å². The number of carbonyl (C=O) groups is 1. The maximum absolute atomic E-state index is 14.0. The largest absolute Gasteiger partial charge is 0.491 e. The van der Waals surface area contributed by atoms with Crippen LogP contribution in [0.15, 0.2) is 30.6 Å². The molecule has 3 aromatic rings. The molecule has 1 unspecified atom stereocenters. The molecule has 1 amide bonds. The first-order valence-corrected chi connectivity index (χ1v) is 8.42. The number of hydrogen-bond acceptors (Lipinski definition) is 5. The van der Waals surface area contributed by atoms with Crippen LogP contribution in [-0.2, 0) is 0 Å². The zero-order valence-corrected chi connectivity index (χ0v) is 14.5. The zero-order chi connectivity index (χ0) is 18.3. The number of anilines is 1. The van der Waals surface area contributed by atoms with Crippen LogP contribution in [0, 0.1) is 5.82 Å². The molecule has 1 aliphatic rings. The van der Waals surface area contributed by atoms with Crippen LogP contribution in [0.2, 0.25) is 5.02 Å². The molecular formula is C17H15ClFN5O2. The summed E-state index contributed by atoms with van der Waals surface area (Å²) in [6.45, 7) is 2.31. The predicted octanol–water partition coefficient (Wildman–Crippen LogP) is 2.82. The van der Waals surface area contributed by atoms with Crippen LogP contribution < -0.4 is 15.4 Å². The van der Waals surface area contributed by atoms with Gasteiger partial charge >= 0.3 is 0 Å². The average molecular weight is 376 g/mol. The summed E-state index contributed by atoms with van der Waals surface area (Å²) >= 11 is 6.18.